The minimum absolute atomic E-state index is 0.0758. The highest BCUT2D eigenvalue weighted by Crippen LogP contribution is 2.13. The van der Waals surface area contributed by atoms with Gasteiger partial charge in [-0.2, -0.15) is 0 Å². The Morgan fingerprint density at radius 3 is 2.47 bits per heavy atom. The van der Waals surface area contributed by atoms with E-state index in [0.717, 1.165) is 17.0 Å². The largest absolute Gasteiger partial charge is 0.255 e. The van der Waals surface area contributed by atoms with E-state index >= 15 is 0 Å². The Morgan fingerprint density at radius 2 is 1.89 bits per heavy atom. The van der Waals surface area contributed by atoms with Crippen molar-refractivity contribution in [1.29, 1.82) is 0 Å². The van der Waals surface area contributed by atoms with E-state index in [-0.39, 0.29) is 12.3 Å². The maximum atomic E-state index is 11.3. The highest BCUT2D eigenvalue weighted by atomic mass is 32.2. The van der Waals surface area contributed by atoms with Gasteiger partial charge in [0.15, 0.2) is 0 Å². The quantitative estimate of drug-likeness (QED) is 0.900. The maximum Gasteiger partial charge on any atom is 0.211 e. The lowest BCUT2D eigenvalue weighted by molar-refractivity contribution is 0.582. The van der Waals surface area contributed by atoms with Crippen LogP contribution >= 0.6 is 0 Å². The summed E-state index contributed by atoms with van der Waals surface area (Å²) in [5.74, 6) is 0.0758. The fourth-order valence-corrected chi connectivity index (χ4v) is 2.08. The first-order chi connectivity index (χ1) is 9.11. The molecule has 0 unspecified atom stereocenters. The molecule has 0 spiro atoms. The Kier molecular flexibility index (Phi) is 4.24. The van der Waals surface area contributed by atoms with Crippen molar-refractivity contribution < 1.29 is 8.42 Å². The summed E-state index contributed by atoms with van der Waals surface area (Å²) in [5, 5.41) is 0. The lowest BCUT2D eigenvalue weighted by Crippen LogP contribution is -2.24. The summed E-state index contributed by atoms with van der Waals surface area (Å²) in [5.41, 5.74) is 2.38. The van der Waals surface area contributed by atoms with E-state index in [0.29, 0.717) is 0 Å². The van der Waals surface area contributed by atoms with Gasteiger partial charge in [0.2, 0.25) is 10.0 Å². The molecule has 5 nitrogen and oxygen atoms in total. The predicted octanol–water partition coefficient (Wildman–Crippen LogP) is 1.58. The molecule has 0 aliphatic heterocycles. The van der Waals surface area contributed by atoms with Gasteiger partial charge in [-0.25, -0.2) is 13.1 Å². The van der Waals surface area contributed by atoms with Gasteiger partial charge in [-0.15, -0.1) is 0 Å². The molecule has 0 saturated carbocycles. The number of aromatic nitrogens is 2. The predicted molar refractivity (Wildman–Crippen MR) is 73.8 cm³/mol. The number of hydrogen-bond acceptors (Lipinski definition) is 4. The van der Waals surface area contributed by atoms with Crippen LogP contribution in [0.15, 0.2) is 42.7 Å². The van der Waals surface area contributed by atoms with E-state index in [2.05, 4.69) is 14.7 Å². The zero-order valence-corrected chi connectivity index (χ0v) is 11.4. The molecule has 0 aromatic carbocycles. The average Bonchev–Trinajstić information content (AvgIpc) is 2.47. The van der Waals surface area contributed by atoms with Gasteiger partial charge in [0.05, 0.1) is 17.1 Å². The van der Waals surface area contributed by atoms with Crippen molar-refractivity contribution in [3.63, 3.8) is 0 Å². The third-order valence-corrected chi connectivity index (χ3v) is 3.97. The van der Waals surface area contributed by atoms with Crippen LogP contribution in [0.25, 0.3) is 11.4 Å². The Hall–Kier alpha value is -1.79. The molecule has 100 valence electrons. The van der Waals surface area contributed by atoms with Crippen molar-refractivity contribution in [2.45, 2.75) is 13.5 Å². The molecule has 2 heterocycles. The molecule has 0 fully saturated rings. The molecule has 0 radical (unpaired) electrons. The zero-order valence-electron chi connectivity index (χ0n) is 10.6. The summed E-state index contributed by atoms with van der Waals surface area (Å²) in [6, 6.07) is 9.29. The summed E-state index contributed by atoms with van der Waals surface area (Å²) in [7, 11) is -3.17. The number of sulfonamides is 1. The highest BCUT2D eigenvalue weighted by molar-refractivity contribution is 7.89. The Morgan fingerprint density at radius 1 is 1.11 bits per heavy atom. The monoisotopic (exact) mass is 277 g/mol. The van der Waals surface area contributed by atoms with Crippen LogP contribution in [0.4, 0.5) is 0 Å². The van der Waals surface area contributed by atoms with Crippen molar-refractivity contribution >= 4 is 10.0 Å². The molecule has 0 amide bonds. The minimum atomic E-state index is -3.17. The first kappa shape index (κ1) is 13.6. The van der Waals surface area contributed by atoms with Crippen molar-refractivity contribution in [2.75, 3.05) is 5.75 Å². The van der Waals surface area contributed by atoms with Crippen LogP contribution in [0.5, 0.6) is 0 Å². The second kappa shape index (κ2) is 5.90. The Bertz CT molecular complexity index is 625. The van der Waals surface area contributed by atoms with E-state index in [1.807, 2.05) is 30.3 Å². The number of hydrogen-bond donors (Lipinski definition) is 1. The van der Waals surface area contributed by atoms with E-state index in [9.17, 15) is 8.42 Å². The molecular formula is C13H15N3O2S. The lowest BCUT2D eigenvalue weighted by atomic mass is 10.2. The van der Waals surface area contributed by atoms with Crippen molar-refractivity contribution in [2.24, 2.45) is 0 Å². The van der Waals surface area contributed by atoms with Crippen molar-refractivity contribution in [3.8, 4) is 11.4 Å². The number of nitrogens with zero attached hydrogens (tertiary/aromatic N) is 2. The van der Waals surface area contributed by atoms with E-state index in [4.69, 9.17) is 0 Å². The fraction of sp³-hybridized carbons (Fsp3) is 0.231. The lowest BCUT2D eigenvalue weighted by Gasteiger charge is -2.05. The third-order valence-electron chi connectivity index (χ3n) is 2.63. The second-order valence-electron chi connectivity index (χ2n) is 3.99. The number of rotatable bonds is 5. The van der Waals surface area contributed by atoms with Gasteiger partial charge in [0, 0.05) is 18.9 Å². The van der Waals surface area contributed by atoms with Crippen molar-refractivity contribution in [3.05, 3.63) is 48.3 Å². The number of nitrogens with one attached hydrogen (secondary N) is 1. The molecule has 6 heteroatoms. The van der Waals surface area contributed by atoms with Crippen LogP contribution in [-0.2, 0) is 16.6 Å². The summed E-state index contributed by atoms with van der Waals surface area (Å²) in [4.78, 5) is 8.48. The first-order valence-electron chi connectivity index (χ1n) is 5.94. The summed E-state index contributed by atoms with van der Waals surface area (Å²) < 4.78 is 25.1. The van der Waals surface area contributed by atoms with Gasteiger partial charge in [0.25, 0.3) is 0 Å². The topological polar surface area (TPSA) is 72.0 Å². The van der Waals surface area contributed by atoms with Crippen LogP contribution < -0.4 is 4.72 Å². The molecule has 0 atom stereocenters. The van der Waals surface area contributed by atoms with Gasteiger partial charge in [-0.3, -0.25) is 9.97 Å². The van der Waals surface area contributed by atoms with Gasteiger partial charge < -0.3 is 0 Å². The smallest absolute Gasteiger partial charge is 0.211 e. The molecule has 0 saturated heterocycles. The van der Waals surface area contributed by atoms with Crippen molar-refractivity contribution in [1.82, 2.24) is 14.7 Å². The molecule has 2 aromatic rings. The van der Waals surface area contributed by atoms with Crippen LogP contribution in [0, 0.1) is 0 Å². The van der Waals surface area contributed by atoms with Gasteiger partial charge >= 0.3 is 0 Å². The SMILES string of the molecule is CCS(=O)(=O)NCc1ccc(-c2ccccn2)nc1. The molecule has 2 rings (SSSR count). The summed E-state index contributed by atoms with van der Waals surface area (Å²) in [6.07, 6.45) is 3.36. The Labute approximate surface area is 112 Å². The molecule has 1 N–H and O–H groups in total. The van der Waals surface area contributed by atoms with Gasteiger partial charge in [-0.1, -0.05) is 12.1 Å². The summed E-state index contributed by atoms with van der Waals surface area (Å²) in [6.45, 7) is 1.86. The fourth-order valence-electron chi connectivity index (χ4n) is 1.49. The standard InChI is InChI=1S/C13H15N3O2S/c1-2-19(17,18)16-10-11-6-7-13(15-9-11)12-5-3-4-8-14-12/h3-9,16H,2,10H2,1H3. The molecule has 0 bridgehead atoms. The second-order valence-corrected chi connectivity index (χ2v) is 6.09. The maximum absolute atomic E-state index is 11.3. The first-order valence-corrected chi connectivity index (χ1v) is 7.59. The average molecular weight is 277 g/mol. The molecule has 2 aromatic heterocycles. The van der Waals surface area contributed by atoms with Gasteiger partial charge in [-0.05, 0) is 30.7 Å². The number of pyridine rings is 2. The highest BCUT2D eigenvalue weighted by Gasteiger charge is 2.06. The van der Waals surface area contributed by atoms with Crippen LogP contribution in [0.3, 0.4) is 0 Å². The molecule has 0 aliphatic rings. The molecule has 19 heavy (non-hydrogen) atoms. The third kappa shape index (κ3) is 3.84. The van der Waals surface area contributed by atoms with Crippen LogP contribution in [0.2, 0.25) is 0 Å². The summed E-state index contributed by atoms with van der Waals surface area (Å²) >= 11 is 0. The van der Waals surface area contributed by atoms with E-state index in [1.165, 1.54) is 0 Å². The van der Waals surface area contributed by atoms with E-state index < -0.39 is 10.0 Å². The van der Waals surface area contributed by atoms with E-state index in [1.54, 1.807) is 19.3 Å². The molecule has 0 aliphatic carbocycles. The normalized spacial score (nSPS) is 11.4. The minimum Gasteiger partial charge on any atom is -0.255 e. The van der Waals surface area contributed by atoms with Crippen LogP contribution in [0.1, 0.15) is 12.5 Å². The zero-order chi connectivity index (χ0) is 13.7. The molecular weight excluding hydrogens is 262 g/mol. The van der Waals surface area contributed by atoms with Gasteiger partial charge in [0.1, 0.15) is 0 Å². The van der Waals surface area contributed by atoms with Crippen LogP contribution in [-0.4, -0.2) is 24.1 Å². The Balaban J connectivity index is 2.07.